The topological polar surface area (TPSA) is 135 Å². The molecule has 192 valence electrons. The molecular weight excluding hydrogens is 496 g/mol. The molecule has 0 spiro atoms. The first-order valence-electron chi connectivity index (χ1n) is 11.7. The molecule has 0 saturated carbocycles. The number of fused-ring (bicyclic) bond motifs is 4. The van der Waals surface area contributed by atoms with E-state index in [0.717, 1.165) is 27.5 Å². The van der Waals surface area contributed by atoms with Crippen molar-refractivity contribution in [2.75, 3.05) is 5.32 Å². The monoisotopic (exact) mass is 522 g/mol. The van der Waals surface area contributed by atoms with E-state index < -0.39 is 39.6 Å². The van der Waals surface area contributed by atoms with Crippen molar-refractivity contribution < 1.29 is 32.3 Å². The summed E-state index contributed by atoms with van der Waals surface area (Å²) < 4.78 is 39.4. The minimum atomic E-state index is -4.09. The maximum Gasteiger partial charge on any atom is 0.412 e. The summed E-state index contributed by atoms with van der Waals surface area (Å²) in [6.07, 6.45) is -0.490. The summed E-state index contributed by atoms with van der Waals surface area (Å²) in [5, 5.41) is 13.6. The van der Waals surface area contributed by atoms with Gasteiger partial charge in [0.15, 0.2) is 0 Å². The number of carbonyl (C=O) groups is 2. The summed E-state index contributed by atoms with van der Waals surface area (Å²) in [6, 6.07) is 14.7. The van der Waals surface area contributed by atoms with Gasteiger partial charge in [-0.2, -0.15) is 4.72 Å². The number of carboxylic acids is 1. The van der Waals surface area contributed by atoms with Gasteiger partial charge < -0.3 is 14.3 Å². The molecule has 4 aromatic rings. The average molecular weight is 523 g/mol. The lowest BCUT2D eigenvalue weighted by molar-refractivity contribution is -0.140. The standard InChI is InChI=1S/C27H26N2O7S/c1-14(2)24(25(30)31)29-37(33,34)17-7-8-18-19-11-15(6-10-22(19)35-23(18)13-17)16-5-9-21-20(12-16)27(3,4)36-26(32)28-21/h5-14,24,29H,1-4H3,(H,28,32)(H,30,31)/t24-/m1/s1. The van der Waals surface area contributed by atoms with Gasteiger partial charge >= 0.3 is 12.1 Å². The number of hydrogen-bond acceptors (Lipinski definition) is 6. The number of nitrogens with one attached hydrogen (secondary N) is 2. The predicted molar refractivity (Wildman–Crippen MR) is 139 cm³/mol. The number of hydrogen-bond donors (Lipinski definition) is 3. The zero-order valence-electron chi connectivity index (χ0n) is 20.7. The van der Waals surface area contributed by atoms with E-state index in [2.05, 4.69) is 10.0 Å². The van der Waals surface area contributed by atoms with E-state index in [1.807, 2.05) is 50.2 Å². The molecule has 0 aliphatic carbocycles. The van der Waals surface area contributed by atoms with Crippen LogP contribution in [0.5, 0.6) is 0 Å². The second-order valence-corrected chi connectivity index (χ2v) is 11.7. The van der Waals surface area contributed by atoms with E-state index in [4.69, 9.17) is 9.15 Å². The van der Waals surface area contributed by atoms with Crippen LogP contribution in [0.25, 0.3) is 33.1 Å². The highest BCUT2D eigenvalue weighted by Gasteiger charge is 2.33. The van der Waals surface area contributed by atoms with Crippen LogP contribution in [0.2, 0.25) is 0 Å². The number of carbonyl (C=O) groups excluding carboxylic acids is 1. The smallest absolute Gasteiger partial charge is 0.412 e. The first-order chi connectivity index (χ1) is 17.4. The van der Waals surface area contributed by atoms with Crippen molar-refractivity contribution in [2.45, 2.75) is 44.2 Å². The molecule has 2 heterocycles. The van der Waals surface area contributed by atoms with E-state index in [9.17, 15) is 23.1 Å². The number of benzene rings is 3. The molecule has 10 heteroatoms. The third-order valence-electron chi connectivity index (χ3n) is 6.55. The average Bonchev–Trinajstić information content (AvgIpc) is 3.18. The highest BCUT2D eigenvalue weighted by atomic mass is 32.2. The number of rotatable bonds is 6. The quantitative estimate of drug-likeness (QED) is 0.307. The summed E-state index contributed by atoms with van der Waals surface area (Å²) >= 11 is 0. The second kappa shape index (κ2) is 8.60. The van der Waals surface area contributed by atoms with Crippen molar-refractivity contribution in [3.05, 3.63) is 60.2 Å². The number of amides is 1. The Balaban J connectivity index is 1.54. The molecule has 1 amide bonds. The van der Waals surface area contributed by atoms with Gasteiger partial charge in [0.05, 0.1) is 10.6 Å². The Morgan fingerprint density at radius 2 is 1.68 bits per heavy atom. The second-order valence-electron chi connectivity index (χ2n) is 9.94. The molecule has 0 unspecified atom stereocenters. The summed E-state index contributed by atoms with van der Waals surface area (Å²) in [6.45, 7) is 6.94. The number of aliphatic carboxylic acids is 1. The molecule has 9 nitrogen and oxygen atoms in total. The van der Waals surface area contributed by atoms with Crippen LogP contribution in [0.3, 0.4) is 0 Å². The molecule has 0 radical (unpaired) electrons. The van der Waals surface area contributed by atoms with E-state index in [1.54, 1.807) is 19.9 Å². The van der Waals surface area contributed by atoms with Crippen LogP contribution in [0.15, 0.2) is 63.9 Å². The van der Waals surface area contributed by atoms with E-state index in [1.165, 1.54) is 12.1 Å². The Morgan fingerprint density at radius 1 is 0.973 bits per heavy atom. The van der Waals surface area contributed by atoms with Gasteiger partial charge in [0.25, 0.3) is 0 Å². The van der Waals surface area contributed by atoms with Gasteiger partial charge in [0.2, 0.25) is 10.0 Å². The van der Waals surface area contributed by atoms with Crippen LogP contribution < -0.4 is 10.0 Å². The van der Waals surface area contributed by atoms with Gasteiger partial charge in [0, 0.05) is 22.4 Å². The Hall–Kier alpha value is -3.89. The van der Waals surface area contributed by atoms with Gasteiger partial charge in [-0.1, -0.05) is 26.0 Å². The summed E-state index contributed by atoms with van der Waals surface area (Å²) in [7, 11) is -4.09. The molecule has 1 atom stereocenters. The Bertz CT molecular complexity index is 1690. The normalized spacial score (nSPS) is 15.9. The summed E-state index contributed by atoms with van der Waals surface area (Å²) in [5.74, 6) is -1.67. The third-order valence-corrected chi connectivity index (χ3v) is 7.99. The highest BCUT2D eigenvalue weighted by molar-refractivity contribution is 7.89. The van der Waals surface area contributed by atoms with E-state index in [-0.39, 0.29) is 4.90 Å². The molecule has 37 heavy (non-hydrogen) atoms. The minimum absolute atomic E-state index is 0.0786. The van der Waals surface area contributed by atoms with Gasteiger partial charge in [-0.3, -0.25) is 10.1 Å². The fourth-order valence-corrected chi connectivity index (χ4v) is 5.92. The van der Waals surface area contributed by atoms with Crippen LogP contribution in [0.1, 0.15) is 33.3 Å². The molecule has 5 rings (SSSR count). The largest absolute Gasteiger partial charge is 0.480 e. The number of anilines is 1. The number of cyclic esters (lactones) is 1. The number of furan rings is 1. The van der Waals surface area contributed by atoms with Crippen LogP contribution in [-0.4, -0.2) is 31.6 Å². The van der Waals surface area contributed by atoms with Crippen molar-refractivity contribution in [1.82, 2.24) is 4.72 Å². The lowest BCUT2D eigenvalue weighted by Crippen LogP contribution is -2.44. The first-order valence-corrected chi connectivity index (χ1v) is 13.2. The number of carboxylic acid groups (broad SMARTS) is 1. The van der Waals surface area contributed by atoms with E-state index in [0.29, 0.717) is 16.9 Å². The van der Waals surface area contributed by atoms with Gasteiger partial charge in [0.1, 0.15) is 22.8 Å². The van der Waals surface area contributed by atoms with Crippen molar-refractivity contribution >= 4 is 49.7 Å². The number of ether oxygens (including phenoxy) is 1. The van der Waals surface area contributed by atoms with Crippen LogP contribution >= 0.6 is 0 Å². The van der Waals surface area contributed by atoms with Gasteiger partial charge in [-0.05, 0) is 67.3 Å². The molecular formula is C27H26N2O7S. The molecule has 3 aromatic carbocycles. The zero-order chi connectivity index (χ0) is 26.7. The van der Waals surface area contributed by atoms with Gasteiger partial charge in [-0.15, -0.1) is 0 Å². The zero-order valence-corrected chi connectivity index (χ0v) is 21.5. The van der Waals surface area contributed by atoms with Crippen molar-refractivity contribution in [2.24, 2.45) is 5.92 Å². The molecule has 1 aromatic heterocycles. The first kappa shape index (κ1) is 24.8. The van der Waals surface area contributed by atoms with Gasteiger partial charge in [-0.25, -0.2) is 13.2 Å². The molecule has 1 aliphatic heterocycles. The molecule has 0 bridgehead atoms. The lowest BCUT2D eigenvalue weighted by Gasteiger charge is -2.32. The van der Waals surface area contributed by atoms with Crippen molar-refractivity contribution in [1.29, 1.82) is 0 Å². The van der Waals surface area contributed by atoms with Crippen LogP contribution in [0.4, 0.5) is 10.5 Å². The van der Waals surface area contributed by atoms with Crippen molar-refractivity contribution in [3.8, 4) is 11.1 Å². The maximum absolute atomic E-state index is 12.9. The van der Waals surface area contributed by atoms with Crippen molar-refractivity contribution in [3.63, 3.8) is 0 Å². The van der Waals surface area contributed by atoms with Crippen LogP contribution in [0, 0.1) is 5.92 Å². The molecule has 0 fully saturated rings. The minimum Gasteiger partial charge on any atom is -0.480 e. The third kappa shape index (κ3) is 4.42. The fourth-order valence-electron chi connectivity index (χ4n) is 4.56. The lowest BCUT2D eigenvalue weighted by atomic mass is 9.91. The molecule has 0 saturated heterocycles. The van der Waals surface area contributed by atoms with Crippen LogP contribution in [-0.2, 0) is 25.2 Å². The Morgan fingerprint density at radius 3 is 2.38 bits per heavy atom. The fraction of sp³-hybridized carbons (Fsp3) is 0.259. The van der Waals surface area contributed by atoms with E-state index >= 15 is 0 Å². The predicted octanol–water partition coefficient (Wildman–Crippen LogP) is 5.44. The summed E-state index contributed by atoms with van der Waals surface area (Å²) in [5.41, 5.74) is 3.54. The highest BCUT2D eigenvalue weighted by Crippen LogP contribution is 2.39. The summed E-state index contributed by atoms with van der Waals surface area (Å²) in [4.78, 5) is 23.2. The Labute approximate surface area is 213 Å². The Kier molecular flexibility index (Phi) is 5.76. The SMILES string of the molecule is CC(C)[C@@H](NS(=O)(=O)c1ccc2c(c1)oc1ccc(-c3ccc4c(c3)C(C)(C)OC(=O)N4)cc12)C(=O)O. The number of sulfonamides is 1. The molecule has 3 N–H and O–H groups in total. The maximum atomic E-state index is 12.9. The molecule has 1 aliphatic rings.